The molecule has 0 saturated carbocycles. The summed E-state index contributed by atoms with van der Waals surface area (Å²) in [5, 5.41) is 22.4. The number of carboxylic acids is 1. The lowest BCUT2D eigenvalue weighted by Crippen LogP contribution is -2.38. The molecule has 0 bridgehead atoms. The molecule has 9 nitrogen and oxygen atoms in total. The predicted molar refractivity (Wildman–Crippen MR) is 175 cm³/mol. The van der Waals surface area contributed by atoms with Crippen LogP contribution < -0.4 is 5.32 Å². The van der Waals surface area contributed by atoms with Crippen LogP contribution in [-0.4, -0.2) is 61.6 Å². The van der Waals surface area contributed by atoms with Gasteiger partial charge >= 0.3 is 5.97 Å². The number of nitrogens with one attached hydrogen (secondary N) is 1. The third kappa shape index (κ3) is 7.05. The molecule has 0 spiro atoms. The number of rotatable bonds is 8. The number of aromatic hydroxyl groups is 1. The van der Waals surface area contributed by atoms with Gasteiger partial charge in [-0.25, -0.2) is 19.3 Å². The van der Waals surface area contributed by atoms with Crippen LogP contribution in [0.2, 0.25) is 0 Å². The number of carboxylic acid groups (broad SMARTS) is 1. The van der Waals surface area contributed by atoms with Crippen molar-refractivity contribution < 1.29 is 24.2 Å². The minimum Gasteiger partial charge on any atom is -0.491 e. The van der Waals surface area contributed by atoms with Crippen molar-refractivity contribution in [2.75, 3.05) is 19.6 Å². The smallest absolute Gasteiger partial charge is 0.306 e. The zero-order valence-electron chi connectivity index (χ0n) is 26.4. The van der Waals surface area contributed by atoms with Gasteiger partial charge in [0.05, 0.1) is 12.0 Å². The summed E-state index contributed by atoms with van der Waals surface area (Å²) in [5.74, 6) is -2.18. The quantitative estimate of drug-likeness (QED) is 0.201. The zero-order chi connectivity index (χ0) is 32.6. The number of nitrogens with zero attached hydrogens (tertiary/aromatic N) is 4. The normalized spacial score (nSPS) is 18.3. The van der Waals surface area contributed by atoms with Crippen molar-refractivity contribution >= 4 is 33.6 Å². The van der Waals surface area contributed by atoms with Crippen LogP contribution in [0.3, 0.4) is 0 Å². The van der Waals surface area contributed by atoms with Crippen LogP contribution in [0, 0.1) is 23.1 Å². The largest absolute Gasteiger partial charge is 0.491 e. The molecule has 2 unspecified atom stereocenters. The number of likely N-dealkylation sites (tertiary alicyclic amines) is 1. The fraction of sp³-hybridized carbons (Fsp3) is 0.457. The van der Waals surface area contributed by atoms with E-state index in [2.05, 4.69) is 42.0 Å². The third-order valence-electron chi connectivity index (χ3n) is 9.61. The molecule has 3 aromatic heterocycles. The summed E-state index contributed by atoms with van der Waals surface area (Å²) >= 11 is 1.31. The number of carbonyl (C=O) groups is 2. The van der Waals surface area contributed by atoms with Gasteiger partial charge in [0.15, 0.2) is 10.8 Å². The van der Waals surface area contributed by atoms with Gasteiger partial charge in [0.1, 0.15) is 10.3 Å². The third-order valence-corrected chi connectivity index (χ3v) is 10.6. The lowest BCUT2D eigenvalue weighted by atomic mass is 9.71. The van der Waals surface area contributed by atoms with E-state index in [0.717, 1.165) is 46.4 Å². The van der Waals surface area contributed by atoms with E-state index in [1.165, 1.54) is 29.2 Å². The first-order chi connectivity index (χ1) is 21.9. The Balaban J connectivity index is 1.21. The molecule has 2 atom stereocenters. The maximum Gasteiger partial charge on any atom is 0.306 e. The molecule has 1 amide bonds. The molecular formula is C35H40FN5O4S. The molecule has 4 heterocycles. The number of thiazole rings is 1. The molecule has 6 rings (SSSR count). The van der Waals surface area contributed by atoms with Crippen LogP contribution >= 0.6 is 11.3 Å². The molecule has 0 radical (unpaired) electrons. The first-order valence-electron chi connectivity index (χ1n) is 15.9. The molecule has 1 fully saturated rings. The molecule has 1 saturated heterocycles. The Kier molecular flexibility index (Phi) is 9.07. The summed E-state index contributed by atoms with van der Waals surface area (Å²) < 4.78 is 13.9. The number of aliphatic carboxylic acids is 1. The number of aromatic nitrogens is 3. The van der Waals surface area contributed by atoms with E-state index in [-0.39, 0.29) is 23.3 Å². The van der Waals surface area contributed by atoms with E-state index in [4.69, 9.17) is 9.97 Å². The molecule has 1 aromatic carbocycles. The SMILES string of the molecule is CC(C)(C)C1CCc2nc3sc(C(=O)NC(CCN4CCC(C(=O)O)CC4)c4ccc(-c5cnc(O)c(F)c5)cc4)nc3cc2C1. The molecule has 2 aliphatic rings. The molecule has 1 aliphatic heterocycles. The van der Waals surface area contributed by atoms with E-state index >= 15 is 0 Å². The van der Waals surface area contributed by atoms with Crippen LogP contribution in [0.4, 0.5) is 4.39 Å². The zero-order valence-corrected chi connectivity index (χ0v) is 27.2. The highest BCUT2D eigenvalue weighted by molar-refractivity contribution is 7.19. The van der Waals surface area contributed by atoms with Gasteiger partial charge in [0.2, 0.25) is 5.88 Å². The highest BCUT2D eigenvalue weighted by Gasteiger charge is 2.30. The van der Waals surface area contributed by atoms with E-state index in [9.17, 15) is 24.2 Å². The van der Waals surface area contributed by atoms with Crippen molar-refractivity contribution in [1.29, 1.82) is 0 Å². The topological polar surface area (TPSA) is 129 Å². The molecular weight excluding hydrogens is 605 g/mol. The standard InChI is InChI=1S/C35H40FN5O4S/c1-35(2,3)25-8-9-27-23(16-25)18-29-32(39-27)46-33(40-29)31(43)38-28(12-15-41-13-10-22(11-14-41)34(44)45)21-6-4-20(5-7-21)24-17-26(36)30(42)37-19-24/h4-7,17-19,22,25,28H,8-16H2,1-3H3,(H,37,42)(H,38,43)(H,44,45). The summed E-state index contributed by atoms with van der Waals surface area (Å²) in [6.45, 7) is 8.93. The highest BCUT2D eigenvalue weighted by atomic mass is 32.1. The van der Waals surface area contributed by atoms with E-state index < -0.39 is 17.7 Å². The van der Waals surface area contributed by atoms with Gasteiger partial charge in [-0.2, -0.15) is 0 Å². The van der Waals surface area contributed by atoms with Crippen molar-refractivity contribution in [2.24, 2.45) is 17.3 Å². The van der Waals surface area contributed by atoms with Crippen molar-refractivity contribution in [3.63, 3.8) is 0 Å². The second kappa shape index (κ2) is 13.0. The number of pyridine rings is 2. The maximum absolute atomic E-state index is 13.9. The Morgan fingerprint density at radius 2 is 1.83 bits per heavy atom. The van der Waals surface area contributed by atoms with Crippen molar-refractivity contribution in [3.8, 4) is 17.0 Å². The summed E-state index contributed by atoms with van der Waals surface area (Å²) in [6.07, 6.45) is 6.25. The number of benzene rings is 1. The van der Waals surface area contributed by atoms with Gasteiger partial charge in [-0.05, 0) is 91.8 Å². The number of halogens is 1. The summed E-state index contributed by atoms with van der Waals surface area (Å²) in [5.41, 5.74) is 5.44. The number of piperidine rings is 1. The van der Waals surface area contributed by atoms with Crippen molar-refractivity contribution in [1.82, 2.24) is 25.2 Å². The monoisotopic (exact) mass is 645 g/mol. The van der Waals surface area contributed by atoms with Gasteiger partial charge in [0, 0.05) is 24.0 Å². The number of aryl methyl sites for hydroxylation is 1. The Labute approximate surface area is 271 Å². The predicted octanol–water partition coefficient (Wildman–Crippen LogP) is 6.41. The fourth-order valence-corrected chi connectivity index (χ4v) is 7.45. The number of hydrogen-bond acceptors (Lipinski definition) is 8. The Hall–Kier alpha value is -3.96. The molecule has 46 heavy (non-hydrogen) atoms. The number of amides is 1. The average molecular weight is 646 g/mol. The molecule has 1 aliphatic carbocycles. The molecule has 11 heteroatoms. The van der Waals surface area contributed by atoms with Gasteiger partial charge in [-0.15, -0.1) is 0 Å². The van der Waals surface area contributed by atoms with Crippen LogP contribution in [0.15, 0.2) is 42.6 Å². The Morgan fingerprint density at radius 1 is 1.09 bits per heavy atom. The van der Waals surface area contributed by atoms with Crippen LogP contribution in [-0.2, 0) is 17.6 Å². The van der Waals surface area contributed by atoms with Gasteiger partial charge in [-0.3, -0.25) is 9.59 Å². The summed E-state index contributed by atoms with van der Waals surface area (Å²) in [4.78, 5) is 41.5. The highest BCUT2D eigenvalue weighted by Crippen LogP contribution is 2.38. The average Bonchev–Trinajstić information content (AvgIpc) is 3.46. The van der Waals surface area contributed by atoms with Gasteiger partial charge in [0.25, 0.3) is 5.91 Å². The van der Waals surface area contributed by atoms with Crippen molar-refractivity contribution in [3.05, 3.63) is 70.2 Å². The minimum atomic E-state index is -0.793. The Bertz CT molecular complexity index is 1740. The summed E-state index contributed by atoms with van der Waals surface area (Å²) in [7, 11) is 0. The number of hydrogen-bond donors (Lipinski definition) is 3. The summed E-state index contributed by atoms with van der Waals surface area (Å²) in [6, 6.07) is 10.5. The van der Waals surface area contributed by atoms with Crippen LogP contribution in [0.1, 0.15) is 79.1 Å². The second-order valence-electron chi connectivity index (χ2n) is 13.7. The first kappa shape index (κ1) is 32.0. The van der Waals surface area contributed by atoms with E-state index in [0.29, 0.717) is 55.4 Å². The van der Waals surface area contributed by atoms with Crippen LogP contribution in [0.25, 0.3) is 21.5 Å². The number of fused-ring (bicyclic) bond motifs is 2. The number of carbonyl (C=O) groups excluding carboxylic acids is 1. The molecule has 4 aromatic rings. The second-order valence-corrected chi connectivity index (χ2v) is 14.6. The van der Waals surface area contributed by atoms with Gasteiger partial charge < -0.3 is 20.4 Å². The molecule has 242 valence electrons. The molecule has 3 N–H and O–H groups in total. The maximum atomic E-state index is 13.9. The van der Waals surface area contributed by atoms with E-state index in [1.54, 1.807) is 0 Å². The van der Waals surface area contributed by atoms with Crippen molar-refractivity contribution in [2.45, 2.75) is 65.3 Å². The first-order valence-corrected chi connectivity index (χ1v) is 16.8. The lowest BCUT2D eigenvalue weighted by molar-refractivity contribution is -0.143. The fourth-order valence-electron chi connectivity index (χ4n) is 6.60. The minimum absolute atomic E-state index is 0.219. The van der Waals surface area contributed by atoms with Crippen LogP contribution in [0.5, 0.6) is 5.88 Å². The van der Waals surface area contributed by atoms with E-state index in [1.807, 2.05) is 24.3 Å². The Morgan fingerprint density at radius 3 is 2.50 bits per heavy atom. The van der Waals surface area contributed by atoms with Gasteiger partial charge in [-0.1, -0.05) is 56.4 Å². The lowest BCUT2D eigenvalue weighted by Gasteiger charge is -2.34.